The van der Waals surface area contributed by atoms with Crippen molar-refractivity contribution in [1.82, 2.24) is 24.8 Å². The van der Waals surface area contributed by atoms with Gasteiger partial charge in [0, 0.05) is 50.6 Å². The zero-order valence-electron chi connectivity index (χ0n) is 18.1. The Hall–Kier alpha value is -2.54. The van der Waals surface area contributed by atoms with Gasteiger partial charge in [0.05, 0.1) is 17.3 Å². The van der Waals surface area contributed by atoms with Crippen LogP contribution in [0, 0.1) is 5.92 Å². The average Bonchev–Trinajstić information content (AvgIpc) is 3.30. The minimum atomic E-state index is -0.168. The minimum Gasteiger partial charge on any atom is -0.328 e. The molecule has 1 atom stereocenters. The molecule has 0 radical (unpaired) electrons. The van der Waals surface area contributed by atoms with Crippen molar-refractivity contribution in [3.05, 3.63) is 57.5 Å². The first kappa shape index (κ1) is 20.4. The lowest BCUT2D eigenvalue weighted by molar-refractivity contribution is 0.0729. The average molecular weight is 422 g/mol. The van der Waals surface area contributed by atoms with Crippen LogP contribution in [-0.2, 0) is 13.0 Å². The second-order valence-corrected chi connectivity index (χ2v) is 9.26. The largest absolute Gasteiger partial charge is 0.328 e. The van der Waals surface area contributed by atoms with Crippen molar-refractivity contribution in [3.63, 3.8) is 0 Å². The molecule has 31 heavy (non-hydrogen) atoms. The molecule has 3 aliphatic rings. The highest BCUT2D eigenvalue weighted by molar-refractivity contribution is 5.94. The van der Waals surface area contributed by atoms with Crippen molar-refractivity contribution in [2.75, 3.05) is 19.6 Å². The lowest BCUT2D eigenvalue weighted by atomic mass is 9.88. The predicted octanol–water partition coefficient (Wildman–Crippen LogP) is 3.08. The first-order chi connectivity index (χ1) is 15.2. The first-order valence-electron chi connectivity index (χ1n) is 11.7. The van der Waals surface area contributed by atoms with Gasteiger partial charge in [-0.15, -0.1) is 0 Å². The van der Waals surface area contributed by atoms with Gasteiger partial charge in [0.2, 0.25) is 0 Å². The van der Waals surface area contributed by atoms with Gasteiger partial charge < -0.3 is 9.88 Å². The van der Waals surface area contributed by atoms with E-state index in [1.165, 1.54) is 32.1 Å². The first-order valence-corrected chi connectivity index (χ1v) is 11.7. The summed E-state index contributed by atoms with van der Waals surface area (Å²) < 4.78 is 0. The van der Waals surface area contributed by atoms with E-state index in [1.807, 2.05) is 4.90 Å². The summed E-state index contributed by atoms with van der Waals surface area (Å²) in [6, 6.07) is 3.31. The molecule has 0 bridgehead atoms. The van der Waals surface area contributed by atoms with Gasteiger partial charge in [-0.2, -0.15) is 0 Å². The third-order valence-corrected chi connectivity index (χ3v) is 7.16. The summed E-state index contributed by atoms with van der Waals surface area (Å²) in [5.74, 6) is 1.39. The lowest BCUT2D eigenvalue weighted by Gasteiger charge is -2.33. The van der Waals surface area contributed by atoms with Crippen LogP contribution in [0.15, 0.2) is 29.3 Å². The van der Waals surface area contributed by atoms with Crippen LogP contribution in [0.5, 0.6) is 0 Å². The van der Waals surface area contributed by atoms with Crippen molar-refractivity contribution in [2.45, 2.75) is 64.0 Å². The van der Waals surface area contributed by atoms with Crippen LogP contribution in [0.25, 0.3) is 0 Å². The molecule has 2 fully saturated rings. The molecule has 1 N–H and O–H groups in total. The molecule has 4 heterocycles. The fourth-order valence-electron chi connectivity index (χ4n) is 5.50. The minimum absolute atomic E-state index is 0.0241. The maximum atomic E-state index is 13.0. The van der Waals surface area contributed by atoms with Crippen LogP contribution < -0.4 is 5.56 Å². The molecule has 1 saturated heterocycles. The molecule has 5 rings (SSSR count). The molecule has 2 aromatic rings. The maximum Gasteiger partial charge on any atom is 0.255 e. The van der Waals surface area contributed by atoms with Gasteiger partial charge >= 0.3 is 0 Å². The number of amides is 1. The molecular weight excluding hydrogens is 390 g/mol. The summed E-state index contributed by atoms with van der Waals surface area (Å²) in [7, 11) is 0. The molecular formula is C24H31N5O2. The van der Waals surface area contributed by atoms with Gasteiger partial charge in [0.1, 0.15) is 5.82 Å². The maximum absolute atomic E-state index is 13.0. The predicted molar refractivity (Wildman–Crippen MR) is 118 cm³/mol. The van der Waals surface area contributed by atoms with E-state index in [2.05, 4.69) is 14.9 Å². The van der Waals surface area contributed by atoms with E-state index < -0.39 is 0 Å². The zero-order valence-corrected chi connectivity index (χ0v) is 18.1. The highest BCUT2D eigenvalue weighted by Crippen LogP contribution is 2.32. The molecule has 2 aromatic heterocycles. The number of aromatic amines is 1. The Morgan fingerprint density at radius 3 is 2.68 bits per heavy atom. The monoisotopic (exact) mass is 421 g/mol. The zero-order chi connectivity index (χ0) is 21.2. The molecule has 7 heteroatoms. The second-order valence-electron chi connectivity index (χ2n) is 9.26. The third kappa shape index (κ3) is 4.28. The molecule has 1 aliphatic carbocycles. The van der Waals surface area contributed by atoms with Crippen LogP contribution in [0.3, 0.4) is 0 Å². The molecule has 2 aliphatic heterocycles. The molecule has 7 nitrogen and oxygen atoms in total. The van der Waals surface area contributed by atoms with Gasteiger partial charge in [-0.3, -0.25) is 19.5 Å². The number of nitrogens with one attached hydrogen (secondary N) is 1. The van der Waals surface area contributed by atoms with Crippen molar-refractivity contribution in [3.8, 4) is 0 Å². The van der Waals surface area contributed by atoms with Gasteiger partial charge in [0.15, 0.2) is 0 Å². The van der Waals surface area contributed by atoms with E-state index in [9.17, 15) is 9.59 Å². The number of aromatic nitrogens is 3. The van der Waals surface area contributed by atoms with Gasteiger partial charge in [-0.1, -0.05) is 19.3 Å². The van der Waals surface area contributed by atoms with Crippen LogP contribution in [-0.4, -0.2) is 50.3 Å². The quantitative estimate of drug-likeness (QED) is 0.820. The number of pyridine rings is 1. The number of likely N-dealkylation sites (tertiary alicyclic amines) is 1. The number of carbonyl (C=O) groups excluding carboxylic acids is 1. The number of H-pyrrole nitrogens is 1. The summed E-state index contributed by atoms with van der Waals surface area (Å²) in [5.41, 5.74) is 2.33. The Labute approximate surface area is 182 Å². The van der Waals surface area contributed by atoms with Crippen LogP contribution in [0.4, 0.5) is 0 Å². The second kappa shape index (κ2) is 8.91. The number of fused-ring (bicyclic) bond motifs is 1. The van der Waals surface area contributed by atoms with Gasteiger partial charge in [-0.05, 0) is 43.7 Å². The van der Waals surface area contributed by atoms with E-state index >= 15 is 0 Å². The summed E-state index contributed by atoms with van der Waals surface area (Å²) in [5, 5.41) is 0. The van der Waals surface area contributed by atoms with Crippen LogP contribution in [0.2, 0.25) is 0 Å². The lowest BCUT2D eigenvalue weighted by Crippen LogP contribution is -2.40. The molecule has 1 amide bonds. The van der Waals surface area contributed by atoms with Gasteiger partial charge in [0.25, 0.3) is 11.5 Å². The standard InChI is InChI=1S/C24H31N5O2/c30-23-19-16-28(15-17-5-2-1-3-6-17)14-10-20(19)26-22(27-23)21-7-4-13-29(21)24(31)18-8-11-25-12-9-18/h8-9,11-12,17,21H,1-7,10,13-16H2,(H,26,27,30)/t21-/m0/s1. The Bertz CT molecular complexity index is 983. The molecule has 164 valence electrons. The summed E-state index contributed by atoms with van der Waals surface area (Å²) in [4.78, 5) is 42.2. The summed E-state index contributed by atoms with van der Waals surface area (Å²) >= 11 is 0. The van der Waals surface area contributed by atoms with E-state index in [-0.39, 0.29) is 17.5 Å². The van der Waals surface area contributed by atoms with Crippen molar-refractivity contribution >= 4 is 5.91 Å². The van der Waals surface area contributed by atoms with E-state index in [0.29, 0.717) is 24.5 Å². The molecule has 0 unspecified atom stereocenters. The van der Waals surface area contributed by atoms with Crippen molar-refractivity contribution in [1.29, 1.82) is 0 Å². The number of hydrogen-bond donors (Lipinski definition) is 1. The normalized spacial score (nSPS) is 22.5. The SMILES string of the molecule is O=C(c1ccncc1)N1CCC[C@H]1c1nc2c(c(=O)[nH]1)CN(CC1CCCCC1)CC2. The fraction of sp³-hybridized carbons (Fsp3) is 0.583. The van der Waals surface area contributed by atoms with Crippen molar-refractivity contribution < 1.29 is 4.79 Å². The molecule has 0 aromatic carbocycles. The number of carbonyl (C=O) groups is 1. The van der Waals surface area contributed by atoms with E-state index in [4.69, 9.17) is 4.98 Å². The summed E-state index contributed by atoms with van der Waals surface area (Å²) in [6.45, 7) is 3.43. The molecule has 0 spiro atoms. The Morgan fingerprint density at radius 1 is 1.06 bits per heavy atom. The highest BCUT2D eigenvalue weighted by Gasteiger charge is 2.33. The van der Waals surface area contributed by atoms with Crippen LogP contribution >= 0.6 is 0 Å². The highest BCUT2D eigenvalue weighted by atomic mass is 16.2. The van der Waals surface area contributed by atoms with E-state index in [1.54, 1.807) is 24.5 Å². The molecule has 1 saturated carbocycles. The van der Waals surface area contributed by atoms with Crippen molar-refractivity contribution in [2.24, 2.45) is 5.92 Å². The Balaban J connectivity index is 1.33. The van der Waals surface area contributed by atoms with Gasteiger partial charge in [-0.25, -0.2) is 4.98 Å². The van der Waals surface area contributed by atoms with E-state index in [0.717, 1.165) is 49.5 Å². The Kier molecular flexibility index (Phi) is 5.85. The number of nitrogens with zero attached hydrogens (tertiary/aromatic N) is 4. The third-order valence-electron chi connectivity index (χ3n) is 7.16. The fourth-order valence-corrected chi connectivity index (χ4v) is 5.50. The Morgan fingerprint density at radius 2 is 1.87 bits per heavy atom. The number of rotatable bonds is 4. The number of hydrogen-bond acceptors (Lipinski definition) is 5. The van der Waals surface area contributed by atoms with Crippen LogP contribution in [0.1, 0.15) is 78.4 Å². The topological polar surface area (TPSA) is 82.2 Å². The summed E-state index contributed by atoms with van der Waals surface area (Å²) in [6.07, 6.45) is 12.5. The smallest absolute Gasteiger partial charge is 0.255 e.